The molecule has 4 heteroatoms. The molecule has 1 amide bonds. The average molecular weight is 181 g/mol. The van der Waals surface area contributed by atoms with E-state index in [-0.39, 0.29) is 5.91 Å². The third-order valence-corrected chi connectivity index (χ3v) is 1.09. The molecule has 1 heterocycles. The Morgan fingerprint density at radius 3 is 2.31 bits per heavy atom. The number of carbonyl (C=O) groups is 1. The maximum absolute atomic E-state index is 10.5. The molecule has 0 aromatic carbocycles. The Labute approximate surface area is 78.4 Å². The summed E-state index contributed by atoms with van der Waals surface area (Å²) < 4.78 is 0. The lowest BCUT2D eigenvalue weighted by Crippen LogP contribution is -2.07. The van der Waals surface area contributed by atoms with Gasteiger partial charge in [0.05, 0.1) is 18.1 Å². The highest BCUT2D eigenvalue weighted by Crippen LogP contribution is 1.98. The van der Waals surface area contributed by atoms with E-state index >= 15 is 0 Å². The fourth-order valence-corrected chi connectivity index (χ4v) is 0.637. The van der Waals surface area contributed by atoms with Crippen LogP contribution in [-0.2, 0) is 4.79 Å². The molecule has 0 saturated carbocycles. The van der Waals surface area contributed by atoms with Crippen LogP contribution in [0.2, 0.25) is 0 Å². The highest BCUT2D eigenvalue weighted by molar-refractivity contribution is 5.87. The molecule has 0 spiro atoms. The zero-order valence-corrected chi connectivity index (χ0v) is 8.46. The van der Waals surface area contributed by atoms with Gasteiger partial charge < -0.3 is 5.32 Å². The van der Waals surface area contributed by atoms with Crippen molar-refractivity contribution in [1.82, 2.24) is 9.97 Å². The summed E-state index contributed by atoms with van der Waals surface area (Å²) in [6.45, 7) is 7.27. The van der Waals surface area contributed by atoms with Gasteiger partial charge in [0, 0.05) is 6.92 Å². The summed E-state index contributed by atoms with van der Waals surface area (Å²) in [5.41, 5.74) is 0.833. The number of anilines is 1. The van der Waals surface area contributed by atoms with E-state index in [1.165, 1.54) is 13.1 Å². The molecule has 1 aromatic rings. The van der Waals surface area contributed by atoms with Gasteiger partial charge in [-0.3, -0.25) is 9.78 Å². The summed E-state index contributed by atoms with van der Waals surface area (Å²) in [6, 6.07) is 0. The zero-order chi connectivity index (χ0) is 10.3. The smallest absolute Gasteiger partial charge is 0.222 e. The van der Waals surface area contributed by atoms with E-state index in [0.29, 0.717) is 5.82 Å². The summed E-state index contributed by atoms with van der Waals surface area (Å²) in [4.78, 5) is 18.4. The van der Waals surface area contributed by atoms with Gasteiger partial charge in [-0.1, -0.05) is 13.8 Å². The predicted molar refractivity (Wildman–Crippen MR) is 52.4 cm³/mol. The minimum absolute atomic E-state index is 0.136. The Hall–Kier alpha value is -1.45. The minimum atomic E-state index is -0.136. The van der Waals surface area contributed by atoms with Crippen LogP contribution in [0.3, 0.4) is 0 Å². The van der Waals surface area contributed by atoms with Crippen molar-refractivity contribution in [2.75, 3.05) is 5.32 Å². The summed E-state index contributed by atoms with van der Waals surface area (Å²) in [7, 11) is 0. The molecular formula is C9H15N3O. The first-order chi connectivity index (χ1) is 6.18. The van der Waals surface area contributed by atoms with Crippen LogP contribution in [0.5, 0.6) is 0 Å². The van der Waals surface area contributed by atoms with Crippen LogP contribution in [0.4, 0.5) is 5.82 Å². The summed E-state index contributed by atoms with van der Waals surface area (Å²) in [5, 5.41) is 2.52. The van der Waals surface area contributed by atoms with Crippen molar-refractivity contribution in [1.29, 1.82) is 0 Å². The van der Waals surface area contributed by atoms with Gasteiger partial charge in [-0.15, -0.1) is 0 Å². The van der Waals surface area contributed by atoms with Crippen LogP contribution < -0.4 is 5.32 Å². The molecule has 0 atom stereocenters. The average Bonchev–Trinajstić information content (AvgIpc) is 2.12. The molecule has 4 nitrogen and oxygen atoms in total. The Balaban J connectivity index is 0.000000671. The van der Waals surface area contributed by atoms with Gasteiger partial charge in [-0.25, -0.2) is 4.98 Å². The second-order valence-corrected chi connectivity index (χ2v) is 2.22. The Morgan fingerprint density at radius 2 is 1.92 bits per heavy atom. The number of nitrogens with one attached hydrogen (secondary N) is 1. The molecule has 72 valence electrons. The van der Waals surface area contributed by atoms with Crippen LogP contribution in [0.15, 0.2) is 12.4 Å². The Bertz CT molecular complexity index is 256. The number of hydrogen-bond acceptors (Lipinski definition) is 3. The largest absolute Gasteiger partial charge is 0.310 e. The number of carbonyl (C=O) groups excluding carboxylic acids is 1. The Kier molecular flexibility index (Phi) is 5.43. The number of rotatable bonds is 1. The van der Waals surface area contributed by atoms with Crippen molar-refractivity contribution < 1.29 is 4.79 Å². The fourth-order valence-electron chi connectivity index (χ4n) is 0.637. The number of aromatic nitrogens is 2. The topological polar surface area (TPSA) is 54.9 Å². The molecule has 1 aromatic heterocycles. The van der Waals surface area contributed by atoms with Crippen molar-refractivity contribution in [3.05, 3.63) is 18.1 Å². The highest BCUT2D eigenvalue weighted by Gasteiger charge is 1.94. The number of hydrogen-bond donors (Lipinski definition) is 1. The number of nitrogens with zero attached hydrogens (tertiary/aromatic N) is 2. The van der Waals surface area contributed by atoms with Crippen LogP contribution in [-0.4, -0.2) is 15.9 Å². The first-order valence-corrected chi connectivity index (χ1v) is 4.25. The third kappa shape index (κ3) is 4.90. The molecule has 0 aliphatic heterocycles. The zero-order valence-electron chi connectivity index (χ0n) is 8.46. The summed E-state index contributed by atoms with van der Waals surface area (Å²) >= 11 is 0. The van der Waals surface area contributed by atoms with Crippen molar-refractivity contribution in [2.24, 2.45) is 0 Å². The van der Waals surface area contributed by atoms with E-state index in [0.717, 1.165) is 5.69 Å². The predicted octanol–water partition coefficient (Wildman–Crippen LogP) is 1.77. The van der Waals surface area contributed by atoms with E-state index in [2.05, 4.69) is 15.3 Å². The van der Waals surface area contributed by atoms with Gasteiger partial charge in [0.2, 0.25) is 5.91 Å². The van der Waals surface area contributed by atoms with E-state index < -0.39 is 0 Å². The number of amides is 1. The molecule has 0 saturated heterocycles. The maximum Gasteiger partial charge on any atom is 0.222 e. The van der Waals surface area contributed by atoms with Gasteiger partial charge in [0.1, 0.15) is 0 Å². The molecule has 0 aliphatic rings. The van der Waals surface area contributed by atoms with Crippen LogP contribution >= 0.6 is 0 Å². The van der Waals surface area contributed by atoms with E-state index in [1.54, 1.807) is 6.20 Å². The minimum Gasteiger partial charge on any atom is -0.310 e. The normalized spacial score (nSPS) is 8.31. The molecule has 1 rings (SSSR count). The first kappa shape index (κ1) is 11.6. The fraction of sp³-hybridized carbons (Fsp3) is 0.444. The quantitative estimate of drug-likeness (QED) is 0.718. The van der Waals surface area contributed by atoms with Crippen molar-refractivity contribution in [3.8, 4) is 0 Å². The molecule has 0 aliphatic carbocycles. The molecule has 13 heavy (non-hydrogen) atoms. The first-order valence-electron chi connectivity index (χ1n) is 4.25. The number of aryl methyl sites for hydroxylation is 1. The van der Waals surface area contributed by atoms with E-state index in [9.17, 15) is 4.79 Å². The second-order valence-electron chi connectivity index (χ2n) is 2.22. The molecule has 0 fully saturated rings. The van der Waals surface area contributed by atoms with Crippen LogP contribution in [0.1, 0.15) is 26.5 Å². The molecule has 1 N–H and O–H groups in total. The standard InChI is InChI=1S/C7H9N3O.C2H6/c1-5-3-9-7(4-8-5)10-6(2)11;1-2/h3-4H,1-2H3,(H,9,10,11);1-2H3. The summed E-state index contributed by atoms with van der Waals surface area (Å²) in [6.07, 6.45) is 3.13. The summed E-state index contributed by atoms with van der Waals surface area (Å²) in [5.74, 6) is 0.353. The third-order valence-electron chi connectivity index (χ3n) is 1.09. The lowest BCUT2D eigenvalue weighted by Gasteiger charge is -1.98. The maximum atomic E-state index is 10.5. The molecule has 0 radical (unpaired) electrons. The molecular weight excluding hydrogens is 166 g/mol. The second kappa shape index (κ2) is 6.11. The lowest BCUT2D eigenvalue weighted by atomic mass is 10.5. The van der Waals surface area contributed by atoms with E-state index in [4.69, 9.17) is 0 Å². The van der Waals surface area contributed by atoms with Gasteiger partial charge in [-0.2, -0.15) is 0 Å². The lowest BCUT2D eigenvalue weighted by molar-refractivity contribution is -0.114. The molecule has 0 unspecified atom stereocenters. The van der Waals surface area contributed by atoms with Crippen molar-refractivity contribution in [2.45, 2.75) is 27.7 Å². The Morgan fingerprint density at radius 1 is 1.31 bits per heavy atom. The van der Waals surface area contributed by atoms with Gasteiger partial charge in [0.15, 0.2) is 5.82 Å². The van der Waals surface area contributed by atoms with Gasteiger partial charge in [-0.05, 0) is 6.92 Å². The molecule has 0 bridgehead atoms. The van der Waals surface area contributed by atoms with Crippen molar-refractivity contribution in [3.63, 3.8) is 0 Å². The van der Waals surface area contributed by atoms with Crippen molar-refractivity contribution >= 4 is 11.7 Å². The highest BCUT2D eigenvalue weighted by atomic mass is 16.1. The monoisotopic (exact) mass is 181 g/mol. The van der Waals surface area contributed by atoms with E-state index in [1.807, 2.05) is 20.8 Å². The van der Waals surface area contributed by atoms with Gasteiger partial charge in [0.25, 0.3) is 0 Å². The van der Waals surface area contributed by atoms with Crippen LogP contribution in [0, 0.1) is 6.92 Å². The SMILES string of the molecule is CC.CC(=O)Nc1cnc(C)cn1. The van der Waals surface area contributed by atoms with Gasteiger partial charge >= 0.3 is 0 Å². The van der Waals surface area contributed by atoms with Crippen LogP contribution in [0.25, 0.3) is 0 Å².